The van der Waals surface area contributed by atoms with E-state index >= 15 is 0 Å². The molecule has 0 aromatic heterocycles. The van der Waals surface area contributed by atoms with E-state index in [1.54, 1.807) is 0 Å². The smallest absolute Gasteiger partial charge is 0.180 e. The molecule has 0 heterocycles. The molecule has 0 unspecified atom stereocenters. The minimum absolute atomic E-state index is 0.325. The molecule has 126 valence electrons. The Kier molecular flexibility index (Phi) is 12.8. The Morgan fingerprint density at radius 2 is 0.955 bits per heavy atom. The van der Waals surface area contributed by atoms with Gasteiger partial charge in [0.25, 0.3) is 0 Å². The Morgan fingerprint density at radius 1 is 0.682 bits per heavy atom. The molecular formula is C18H30O4. The Morgan fingerprint density at radius 3 is 1.18 bits per heavy atom. The summed E-state index contributed by atoms with van der Waals surface area (Å²) in [6.07, 6.45) is 2.98. The maximum atomic E-state index is 5.51. The van der Waals surface area contributed by atoms with Gasteiger partial charge in [-0.25, -0.2) is 0 Å². The molecule has 22 heavy (non-hydrogen) atoms. The molecule has 0 rings (SSSR count). The summed E-state index contributed by atoms with van der Waals surface area (Å²) in [5.74, 6) is 5.99. The fourth-order valence-corrected chi connectivity index (χ4v) is 1.67. The third-order valence-corrected chi connectivity index (χ3v) is 2.70. The number of rotatable bonds is 10. The molecular weight excluding hydrogens is 280 g/mol. The van der Waals surface area contributed by atoms with Crippen LogP contribution >= 0.6 is 0 Å². The molecule has 0 saturated carbocycles. The highest BCUT2D eigenvalue weighted by molar-refractivity contribution is 5.29. The molecule has 0 aliphatic heterocycles. The van der Waals surface area contributed by atoms with Crippen molar-refractivity contribution in [2.45, 2.75) is 54.1 Å². The van der Waals surface area contributed by atoms with Gasteiger partial charge in [0.1, 0.15) is 0 Å². The molecule has 0 amide bonds. The summed E-state index contributed by atoms with van der Waals surface area (Å²) in [6.45, 7) is 14.1. The van der Waals surface area contributed by atoms with Gasteiger partial charge in [-0.2, -0.15) is 0 Å². The molecule has 0 N–H and O–H groups in total. The van der Waals surface area contributed by atoms with Gasteiger partial charge in [0.05, 0.1) is 0 Å². The van der Waals surface area contributed by atoms with Crippen LogP contribution in [0.25, 0.3) is 0 Å². The lowest BCUT2D eigenvalue weighted by atomic mass is 10.2. The molecule has 0 aliphatic rings. The number of ether oxygens (including phenoxy) is 4. The molecule has 0 aromatic rings. The molecule has 0 atom stereocenters. The predicted octanol–water partition coefficient (Wildman–Crippen LogP) is 3.68. The van der Waals surface area contributed by atoms with Crippen LogP contribution in [0, 0.1) is 11.8 Å². The topological polar surface area (TPSA) is 36.9 Å². The maximum Gasteiger partial charge on any atom is 0.180 e. The average Bonchev–Trinajstić information content (AvgIpc) is 2.50. The minimum Gasteiger partial charge on any atom is -0.349 e. The average molecular weight is 310 g/mol. The van der Waals surface area contributed by atoms with Gasteiger partial charge in [-0.1, -0.05) is 11.8 Å². The summed E-state index contributed by atoms with van der Waals surface area (Å²) in [7, 11) is 0. The predicted molar refractivity (Wildman–Crippen MR) is 89.4 cm³/mol. The van der Waals surface area contributed by atoms with Crippen molar-refractivity contribution in [3.05, 3.63) is 23.3 Å². The van der Waals surface area contributed by atoms with E-state index in [0.717, 1.165) is 11.1 Å². The molecule has 0 fully saturated rings. The normalized spacial score (nSPS) is 12.7. The van der Waals surface area contributed by atoms with E-state index in [4.69, 9.17) is 18.9 Å². The van der Waals surface area contributed by atoms with Gasteiger partial charge in [-0.05, 0) is 64.8 Å². The quantitative estimate of drug-likeness (QED) is 0.455. The fraction of sp³-hybridized carbons (Fsp3) is 0.667. The van der Waals surface area contributed by atoms with E-state index in [0.29, 0.717) is 26.4 Å². The first kappa shape index (κ1) is 20.9. The van der Waals surface area contributed by atoms with Gasteiger partial charge in [0, 0.05) is 26.4 Å². The molecule has 0 aromatic carbocycles. The van der Waals surface area contributed by atoms with Crippen LogP contribution in [0.4, 0.5) is 0 Å². The van der Waals surface area contributed by atoms with Crippen molar-refractivity contribution in [3.63, 3.8) is 0 Å². The second-order valence-electron chi connectivity index (χ2n) is 4.55. The lowest BCUT2D eigenvalue weighted by Gasteiger charge is -2.17. The van der Waals surface area contributed by atoms with Crippen molar-refractivity contribution < 1.29 is 18.9 Å². The molecule has 4 nitrogen and oxygen atoms in total. The second-order valence-corrected chi connectivity index (χ2v) is 4.55. The van der Waals surface area contributed by atoms with Crippen molar-refractivity contribution in [2.24, 2.45) is 0 Å². The van der Waals surface area contributed by atoms with Crippen molar-refractivity contribution >= 4 is 0 Å². The summed E-state index contributed by atoms with van der Waals surface area (Å²) in [4.78, 5) is 0. The molecule has 0 bridgehead atoms. The first-order chi connectivity index (χ1) is 10.6. The van der Waals surface area contributed by atoms with Gasteiger partial charge in [0.15, 0.2) is 12.6 Å². The fourth-order valence-electron chi connectivity index (χ4n) is 1.67. The molecule has 4 heteroatoms. The van der Waals surface area contributed by atoms with E-state index < -0.39 is 0 Å². The minimum atomic E-state index is -0.325. The molecule has 0 radical (unpaired) electrons. The Bertz CT molecular complexity index is 353. The monoisotopic (exact) mass is 310 g/mol. The molecule has 0 saturated heterocycles. The van der Waals surface area contributed by atoms with Gasteiger partial charge >= 0.3 is 0 Å². The largest absolute Gasteiger partial charge is 0.349 e. The van der Waals surface area contributed by atoms with Crippen LogP contribution in [0.5, 0.6) is 0 Å². The highest BCUT2D eigenvalue weighted by Gasteiger charge is 2.10. The standard InChI is InChI=1S/C18H30O4/c1-7-19-17(20-8-2)15(5)13-11-12-14-16(6)18(21-9-3)22-10-4/h13-14,17-18H,7-10H2,1-6H3/b15-13+,16-14+. The lowest BCUT2D eigenvalue weighted by Crippen LogP contribution is -2.18. The van der Waals surface area contributed by atoms with Crippen LogP contribution in [0.15, 0.2) is 23.3 Å². The molecule has 0 spiro atoms. The zero-order chi connectivity index (χ0) is 16.8. The summed E-state index contributed by atoms with van der Waals surface area (Å²) in [5.41, 5.74) is 1.90. The highest BCUT2D eigenvalue weighted by atomic mass is 16.7. The van der Waals surface area contributed by atoms with E-state index in [2.05, 4.69) is 11.8 Å². The van der Waals surface area contributed by atoms with Crippen LogP contribution in [0.2, 0.25) is 0 Å². The van der Waals surface area contributed by atoms with Crippen molar-refractivity contribution in [1.82, 2.24) is 0 Å². The maximum absolute atomic E-state index is 5.51. The van der Waals surface area contributed by atoms with Gasteiger partial charge in [-0.3, -0.25) is 0 Å². The first-order valence-electron chi connectivity index (χ1n) is 7.91. The summed E-state index contributed by atoms with van der Waals surface area (Å²) in [5, 5.41) is 0. The van der Waals surface area contributed by atoms with Crippen molar-refractivity contribution in [1.29, 1.82) is 0 Å². The summed E-state index contributed by atoms with van der Waals surface area (Å²) in [6, 6.07) is 0. The Balaban J connectivity index is 4.76. The van der Waals surface area contributed by atoms with Crippen molar-refractivity contribution in [3.8, 4) is 11.8 Å². The third-order valence-electron chi connectivity index (χ3n) is 2.70. The van der Waals surface area contributed by atoms with Crippen molar-refractivity contribution in [2.75, 3.05) is 26.4 Å². The zero-order valence-corrected chi connectivity index (χ0v) is 14.8. The molecule has 0 aliphatic carbocycles. The van der Waals surface area contributed by atoms with Crippen LogP contribution < -0.4 is 0 Å². The summed E-state index contributed by atoms with van der Waals surface area (Å²) >= 11 is 0. The lowest BCUT2D eigenvalue weighted by molar-refractivity contribution is -0.111. The van der Waals surface area contributed by atoms with Gasteiger partial charge in [-0.15, -0.1) is 0 Å². The van der Waals surface area contributed by atoms with E-state index in [9.17, 15) is 0 Å². The zero-order valence-electron chi connectivity index (χ0n) is 14.8. The van der Waals surface area contributed by atoms with E-state index in [1.165, 1.54) is 0 Å². The number of hydrogen-bond acceptors (Lipinski definition) is 4. The van der Waals surface area contributed by atoms with Crippen LogP contribution in [0.1, 0.15) is 41.5 Å². The number of hydrogen-bond donors (Lipinski definition) is 0. The highest BCUT2D eigenvalue weighted by Crippen LogP contribution is 2.09. The third kappa shape index (κ3) is 9.01. The van der Waals surface area contributed by atoms with Gasteiger partial charge in [0.2, 0.25) is 0 Å². The van der Waals surface area contributed by atoms with Crippen LogP contribution in [0.3, 0.4) is 0 Å². The van der Waals surface area contributed by atoms with E-state index in [-0.39, 0.29) is 12.6 Å². The first-order valence-corrected chi connectivity index (χ1v) is 7.91. The van der Waals surface area contributed by atoms with Crippen LogP contribution in [-0.4, -0.2) is 39.0 Å². The number of allylic oxidation sites excluding steroid dienone is 2. The van der Waals surface area contributed by atoms with Crippen LogP contribution in [-0.2, 0) is 18.9 Å². The van der Waals surface area contributed by atoms with Gasteiger partial charge < -0.3 is 18.9 Å². The Labute approximate surface area is 135 Å². The van der Waals surface area contributed by atoms with E-state index in [1.807, 2.05) is 53.7 Å². The Hall–Kier alpha value is -1.12. The summed E-state index contributed by atoms with van der Waals surface area (Å²) < 4.78 is 22.0. The second kappa shape index (κ2) is 13.5. The SMILES string of the molecule is CCOC(OCC)/C(C)=C/C#C/C=C(\C)C(OCC)OCC.